The van der Waals surface area contributed by atoms with Crippen LogP contribution in [0, 0.1) is 0 Å². The smallest absolute Gasteiger partial charge is 0.122 e. The minimum atomic E-state index is 0.813. The highest BCUT2D eigenvalue weighted by atomic mass is 16.5. The molecule has 0 N–H and O–H groups in total. The average molecular weight is 305 g/mol. The number of hydrogen-bond acceptors (Lipinski definition) is 3. The molecule has 2 rings (SSSR count). The van der Waals surface area contributed by atoms with Crippen LogP contribution < -0.4 is 4.74 Å². The van der Waals surface area contributed by atoms with Crippen LogP contribution >= 0.6 is 0 Å². The van der Waals surface area contributed by atoms with Gasteiger partial charge in [0.2, 0.25) is 0 Å². The third kappa shape index (κ3) is 5.62. The largest absolute Gasteiger partial charge is 0.493 e. The quantitative estimate of drug-likeness (QED) is 0.694. The first kappa shape index (κ1) is 17.3. The van der Waals surface area contributed by atoms with Crippen LogP contribution in [0.2, 0.25) is 0 Å². The third-order valence-electron chi connectivity index (χ3n) is 4.15. The highest BCUT2D eigenvalue weighted by Crippen LogP contribution is 2.23. The van der Waals surface area contributed by atoms with Crippen molar-refractivity contribution in [2.75, 3.05) is 39.5 Å². The number of rotatable bonds is 9. The van der Waals surface area contributed by atoms with Gasteiger partial charge in [0.25, 0.3) is 0 Å². The molecule has 1 aromatic carbocycles. The summed E-state index contributed by atoms with van der Waals surface area (Å²) in [4.78, 5) is 2.51. The molecule has 1 fully saturated rings. The van der Waals surface area contributed by atoms with Gasteiger partial charge < -0.3 is 9.47 Å². The summed E-state index contributed by atoms with van der Waals surface area (Å²) in [6.45, 7) is 10.3. The van der Waals surface area contributed by atoms with Gasteiger partial charge in [0.15, 0.2) is 0 Å². The molecule has 0 unspecified atom stereocenters. The lowest BCUT2D eigenvalue weighted by atomic mass is 10.0. The maximum absolute atomic E-state index is 5.87. The monoisotopic (exact) mass is 305 g/mol. The van der Waals surface area contributed by atoms with Crippen molar-refractivity contribution in [2.45, 2.75) is 46.0 Å². The molecule has 0 atom stereocenters. The van der Waals surface area contributed by atoms with Crippen LogP contribution in [0.1, 0.15) is 44.2 Å². The molecule has 3 heteroatoms. The van der Waals surface area contributed by atoms with Gasteiger partial charge in [0, 0.05) is 13.1 Å². The molecular weight excluding hydrogens is 274 g/mol. The van der Waals surface area contributed by atoms with E-state index in [1.165, 1.54) is 30.5 Å². The van der Waals surface area contributed by atoms with Gasteiger partial charge in [0.05, 0.1) is 19.8 Å². The van der Waals surface area contributed by atoms with E-state index in [-0.39, 0.29) is 0 Å². The highest BCUT2D eigenvalue weighted by Gasteiger charge is 2.10. The van der Waals surface area contributed by atoms with Crippen LogP contribution in [-0.4, -0.2) is 44.4 Å². The van der Waals surface area contributed by atoms with Crippen molar-refractivity contribution in [3.05, 3.63) is 29.3 Å². The summed E-state index contributed by atoms with van der Waals surface area (Å²) in [6, 6.07) is 6.77. The number of ether oxygens (including phenoxy) is 2. The summed E-state index contributed by atoms with van der Waals surface area (Å²) in [5.74, 6) is 1.08. The molecular formula is C19H31NO2. The van der Waals surface area contributed by atoms with Crippen molar-refractivity contribution in [2.24, 2.45) is 0 Å². The van der Waals surface area contributed by atoms with E-state index in [2.05, 4.69) is 36.9 Å². The first-order chi connectivity index (χ1) is 10.8. The fraction of sp³-hybridized carbons (Fsp3) is 0.684. The topological polar surface area (TPSA) is 21.7 Å². The van der Waals surface area contributed by atoms with Crippen molar-refractivity contribution in [1.29, 1.82) is 0 Å². The fourth-order valence-corrected chi connectivity index (χ4v) is 2.94. The summed E-state index contributed by atoms with van der Waals surface area (Å²) < 4.78 is 11.3. The van der Waals surface area contributed by atoms with Crippen LogP contribution in [0.5, 0.6) is 5.75 Å². The predicted octanol–water partition coefficient (Wildman–Crippen LogP) is 3.69. The molecule has 0 radical (unpaired) electrons. The van der Waals surface area contributed by atoms with E-state index in [9.17, 15) is 0 Å². The van der Waals surface area contributed by atoms with E-state index in [4.69, 9.17) is 9.47 Å². The maximum Gasteiger partial charge on any atom is 0.122 e. The molecule has 0 amide bonds. The first-order valence-corrected chi connectivity index (χ1v) is 8.88. The molecule has 0 aliphatic carbocycles. The van der Waals surface area contributed by atoms with Crippen LogP contribution in [0.3, 0.4) is 0 Å². The van der Waals surface area contributed by atoms with E-state index in [0.717, 1.165) is 57.9 Å². The molecule has 0 aromatic heterocycles. The van der Waals surface area contributed by atoms with E-state index < -0.39 is 0 Å². The lowest BCUT2D eigenvalue weighted by Crippen LogP contribution is -2.36. The summed E-state index contributed by atoms with van der Waals surface area (Å²) in [6.07, 6.45) is 5.71. The van der Waals surface area contributed by atoms with Crippen LogP contribution in [-0.2, 0) is 17.6 Å². The Labute approximate surface area is 135 Å². The zero-order valence-electron chi connectivity index (χ0n) is 14.3. The Morgan fingerprint density at radius 2 is 1.91 bits per heavy atom. The summed E-state index contributed by atoms with van der Waals surface area (Å²) in [5, 5.41) is 0. The molecule has 0 spiro atoms. The molecule has 0 saturated carbocycles. The van der Waals surface area contributed by atoms with Gasteiger partial charge in [-0.05, 0) is 49.4 Å². The Hall–Kier alpha value is -1.06. The summed E-state index contributed by atoms with van der Waals surface area (Å²) in [5.41, 5.74) is 2.82. The third-order valence-corrected chi connectivity index (χ3v) is 4.15. The Morgan fingerprint density at radius 3 is 2.64 bits per heavy atom. The Kier molecular flexibility index (Phi) is 7.75. The van der Waals surface area contributed by atoms with Crippen molar-refractivity contribution in [1.82, 2.24) is 4.90 Å². The molecule has 0 bridgehead atoms. The van der Waals surface area contributed by atoms with Crippen LogP contribution in [0.25, 0.3) is 0 Å². The van der Waals surface area contributed by atoms with Crippen molar-refractivity contribution in [3.63, 3.8) is 0 Å². The number of nitrogens with zero attached hydrogens (tertiary/aromatic N) is 1. The van der Waals surface area contributed by atoms with Gasteiger partial charge in [-0.3, -0.25) is 4.90 Å². The van der Waals surface area contributed by atoms with Crippen molar-refractivity contribution in [3.8, 4) is 5.75 Å². The van der Waals surface area contributed by atoms with E-state index in [1.54, 1.807) is 0 Å². The normalized spacial score (nSPS) is 15.9. The molecule has 1 aliphatic rings. The molecule has 22 heavy (non-hydrogen) atoms. The molecule has 1 aromatic rings. The molecule has 3 nitrogen and oxygen atoms in total. The van der Waals surface area contributed by atoms with E-state index in [0.29, 0.717) is 0 Å². The maximum atomic E-state index is 5.87. The second kappa shape index (κ2) is 9.86. The molecule has 1 aliphatic heterocycles. The Morgan fingerprint density at radius 1 is 1.09 bits per heavy atom. The lowest BCUT2D eigenvalue weighted by molar-refractivity contribution is 0.0374. The van der Waals surface area contributed by atoms with Gasteiger partial charge >= 0.3 is 0 Å². The highest BCUT2D eigenvalue weighted by molar-refractivity contribution is 5.37. The van der Waals surface area contributed by atoms with Crippen molar-refractivity contribution >= 4 is 0 Å². The van der Waals surface area contributed by atoms with Crippen LogP contribution in [0.15, 0.2) is 18.2 Å². The molecule has 1 saturated heterocycles. The van der Waals surface area contributed by atoms with E-state index in [1.807, 2.05) is 0 Å². The summed E-state index contributed by atoms with van der Waals surface area (Å²) in [7, 11) is 0. The fourth-order valence-electron chi connectivity index (χ4n) is 2.94. The van der Waals surface area contributed by atoms with Gasteiger partial charge in [0.1, 0.15) is 5.75 Å². The average Bonchev–Trinajstić information content (AvgIpc) is 2.55. The number of benzene rings is 1. The van der Waals surface area contributed by atoms with Gasteiger partial charge in [-0.25, -0.2) is 0 Å². The van der Waals surface area contributed by atoms with Crippen molar-refractivity contribution < 1.29 is 9.47 Å². The standard InChI is InChI=1S/C19H31NO2/c1-3-6-18-16-17(8-9-19(18)22-13-4-2)7-5-10-20-11-14-21-15-12-20/h8-9,16H,3-7,10-15H2,1-2H3. The minimum Gasteiger partial charge on any atom is -0.493 e. The number of hydrogen-bond donors (Lipinski definition) is 0. The predicted molar refractivity (Wildman–Crippen MR) is 91.8 cm³/mol. The van der Waals surface area contributed by atoms with Gasteiger partial charge in [-0.2, -0.15) is 0 Å². The molecule has 1 heterocycles. The molecule has 124 valence electrons. The Bertz CT molecular complexity index is 427. The second-order valence-electron chi connectivity index (χ2n) is 6.10. The zero-order valence-corrected chi connectivity index (χ0v) is 14.3. The van der Waals surface area contributed by atoms with Crippen LogP contribution in [0.4, 0.5) is 0 Å². The lowest BCUT2D eigenvalue weighted by Gasteiger charge is -2.26. The SMILES string of the molecule is CCCOc1ccc(CCCN2CCOCC2)cc1CCC. The number of morpholine rings is 1. The second-order valence-corrected chi connectivity index (χ2v) is 6.10. The number of aryl methyl sites for hydroxylation is 2. The zero-order chi connectivity index (χ0) is 15.6. The summed E-state index contributed by atoms with van der Waals surface area (Å²) >= 11 is 0. The first-order valence-electron chi connectivity index (χ1n) is 8.88. The van der Waals surface area contributed by atoms with Gasteiger partial charge in [-0.1, -0.05) is 32.4 Å². The Balaban J connectivity index is 1.85. The van der Waals surface area contributed by atoms with E-state index >= 15 is 0 Å². The van der Waals surface area contributed by atoms with Gasteiger partial charge in [-0.15, -0.1) is 0 Å². The minimum absolute atomic E-state index is 0.813.